The number of aliphatic hydroxyl groups excluding tert-OH is 1. The second-order valence-electron chi connectivity index (χ2n) is 22.2. The van der Waals surface area contributed by atoms with Crippen molar-refractivity contribution in [3.8, 4) is 27.3 Å². The van der Waals surface area contributed by atoms with E-state index in [0.717, 1.165) is 74.7 Å². The van der Waals surface area contributed by atoms with E-state index < -0.39 is 35.4 Å². The predicted molar refractivity (Wildman–Crippen MR) is 322 cm³/mol. The number of nitrogens with zero attached hydrogens (tertiary/aromatic N) is 3. The molecular formula is C63H85N7O13S. The van der Waals surface area contributed by atoms with E-state index in [-0.39, 0.29) is 69.3 Å². The molecule has 0 bridgehead atoms. The Bertz CT molecular complexity index is 2990. The Labute approximate surface area is 497 Å². The quantitative estimate of drug-likeness (QED) is 0.0294. The van der Waals surface area contributed by atoms with Gasteiger partial charge in [0.05, 0.1) is 81.6 Å². The molecule has 456 valence electrons. The Morgan fingerprint density at radius 2 is 1.42 bits per heavy atom. The number of aliphatic hydroxyl groups is 1. The topological polar surface area (TPSA) is 241 Å². The van der Waals surface area contributed by atoms with Crippen LogP contribution in [0.2, 0.25) is 0 Å². The van der Waals surface area contributed by atoms with Gasteiger partial charge >= 0.3 is 0 Å². The monoisotopic (exact) mass is 1180 g/mol. The van der Waals surface area contributed by atoms with Crippen LogP contribution >= 0.6 is 11.3 Å². The van der Waals surface area contributed by atoms with Crippen molar-refractivity contribution < 1.29 is 57.4 Å². The van der Waals surface area contributed by atoms with Gasteiger partial charge in [-0.15, -0.1) is 11.3 Å². The maximum atomic E-state index is 14.0. The molecule has 0 spiro atoms. The molecule has 4 heterocycles. The summed E-state index contributed by atoms with van der Waals surface area (Å²) in [5.41, 5.74) is 10.2. The molecule has 0 radical (unpaired) electrons. The van der Waals surface area contributed by atoms with Gasteiger partial charge in [0.1, 0.15) is 31.0 Å². The molecule has 3 atom stereocenters. The molecule has 2 aliphatic heterocycles. The van der Waals surface area contributed by atoms with E-state index in [1.54, 1.807) is 11.3 Å². The van der Waals surface area contributed by atoms with Crippen LogP contribution in [0.1, 0.15) is 91.0 Å². The minimum absolute atomic E-state index is 0.0237. The number of H-pyrrole nitrogens is 1. The molecule has 2 aromatic heterocycles. The van der Waals surface area contributed by atoms with Crippen molar-refractivity contribution >= 4 is 40.7 Å². The normalized spacial score (nSPS) is 15.9. The summed E-state index contributed by atoms with van der Waals surface area (Å²) in [6.45, 7) is 20.8. The number of amides is 4. The van der Waals surface area contributed by atoms with Crippen molar-refractivity contribution in [1.82, 2.24) is 30.8 Å². The summed E-state index contributed by atoms with van der Waals surface area (Å²) < 4.78 is 39.8. The van der Waals surface area contributed by atoms with Gasteiger partial charge in [-0.05, 0) is 117 Å². The van der Waals surface area contributed by atoms with E-state index in [9.17, 15) is 29.1 Å². The smallest absolute Gasteiger partial charge is 0.253 e. The molecule has 2 saturated heterocycles. The zero-order valence-corrected chi connectivity index (χ0v) is 50.8. The second-order valence-corrected chi connectivity index (χ2v) is 23.1. The summed E-state index contributed by atoms with van der Waals surface area (Å²) in [7, 11) is 0. The third-order valence-corrected chi connectivity index (χ3v) is 15.9. The highest BCUT2D eigenvalue weighted by Gasteiger charge is 2.44. The van der Waals surface area contributed by atoms with E-state index in [0.29, 0.717) is 82.9 Å². The SMILES string of the molecule is CCN(c1cc(-c2ccc(OCCOCCOCCOCCOCCOCC(=O)N[C@H](C(=O)N3C[C@H](O)C[C@H]3C(=O)NCc3ccc(-c4scnc4C)cc3)C(C)(C)C)cc2)cc(C(=O)NCc2c(C)cc(C)[nH]c2=O)c1C)C1CCOCC1. The lowest BCUT2D eigenvalue weighted by atomic mass is 9.85. The third kappa shape index (κ3) is 18.7. The number of hydrogen-bond donors (Lipinski definition) is 5. The summed E-state index contributed by atoms with van der Waals surface area (Å²) in [5.74, 6) is -0.877. The highest BCUT2D eigenvalue weighted by molar-refractivity contribution is 7.13. The number of aromatic nitrogens is 2. The largest absolute Gasteiger partial charge is 0.491 e. The molecule has 0 saturated carbocycles. The van der Waals surface area contributed by atoms with Crippen molar-refractivity contribution in [3.63, 3.8) is 0 Å². The Hall–Kier alpha value is -6.56. The zero-order valence-electron chi connectivity index (χ0n) is 50.0. The van der Waals surface area contributed by atoms with Crippen LogP contribution in [0.3, 0.4) is 0 Å². The number of likely N-dealkylation sites (tertiary alicyclic amines) is 1. The standard InChI is InChI=1S/C63H85N7O13S/c1-9-69(49-18-20-77-21-19-49)54-34-48(33-52(43(54)4)59(73)65-37-53-41(2)32-42(3)67-60(53)74)46-14-16-51(17-15-46)83-31-30-81-27-26-79-23-22-78-24-25-80-28-29-82-39-56(72)68-58(63(6,7)8)62(76)70-38-50(71)35-55(70)61(75)64-36-45-10-12-47(13-11-45)57-44(5)66-40-84-57/h10-17,32-34,40,49-50,55,58,71H,9,18-31,35-39H2,1-8H3,(H,64,75)(H,65,73)(H,67,74)(H,68,72)/t50-,55+,58-/m1/s1. The van der Waals surface area contributed by atoms with Gasteiger partial charge in [0, 0.05) is 74.4 Å². The van der Waals surface area contributed by atoms with Crippen LogP contribution in [0.4, 0.5) is 5.69 Å². The van der Waals surface area contributed by atoms with Gasteiger partial charge in [0.2, 0.25) is 17.7 Å². The zero-order chi connectivity index (χ0) is 60.2. The average molecular weight is 1180 g/mol. The lowest BCUT2D eigenvalue weighted by molar-refractivity contribution is -0.144. The first-order chi connectivity index (χ1) is 40.4. The number of carbonyl (C=O) groups excluding carboxylic acids is 4. The van der Waals surface area contributed by atoms with Crippen molar-refractivity contribution in [1.29, 1.82) is 0 Å². The van der Waals surface area contributed by atoms with Crippen LogP contribution in [0, 0.1) is 33.1 Å². The van der Waals surface area contributed by atoms with Crippen LogP contribution in [0.15, 0.2) is 77.0 Å². The highest BCUT2D eigenvalue weighted by Crippen LogP contribution is 2.35. The number of thiazole rings is 1. The number of aromatic amines is 1. The van der Waals surface area contributed by atoms with Gasteiger partial charge < -0.3 is 69.0 Å². The van der Waals surface area contributed by atoms with E-state index in [1.807, 2.05) is 115 Å². The first-order valence-electron chi connectivity index (χ1n) is 29.0. The molecule has 0 aliphatic carbocycles. The molecular weight excluding hydrogens is 1090 g/mol. The third-order valence-electron chi connectivity index (χ3n) is 14.9. The fourth-order valence-electron chi connectivity index (χ4n) is 10.4. The minimum atomic E-state index is -0.975. The van der Waals surface area contributed by atoms with Gasteiger partial charge in [-0.2, -0.15) is 0 Å². The molecule has 7 rings (SSSR count). The molecule has 4 amide bonds. The summed E-state index contributed by atoms with van der Waals surface area (Å²) in [4.78, 5) is 79.1. The number of aryl methyl sites for hydroxylation is 3. The van der Waals surface area contributed by atoms with E-state index in [2.05, 4.69) is 43.8 Å². The lowest BCUT2D eigenvalue weighted by Crippen LogP contribution is -2.58. The molecule has 84 heavy (non-hydrogen) atoms. The summed E-state index contributed by atoms with van der Waals surface area (Å²) in [6, 6.07) is 20.1. The van der Waals surface area contributed by atoms with Crippen LogP contribution in [-0.4, -0.2) is 167 Å². The number of ether oxygens (including phenoxy) is 7. The van der Waals surface area contributed by atoms with Crippen LogP contribution in [0.5, 0.6) is 5.75 Å². The Kier molecular flexibility index (Phi) is 24.8. The molecule has 21 heteroatoms. The van der Waals surface area contributed by atoms with E-state index >= 15 is 0 Å². The molecule has 0 unspecified atom stereocenters. The number of anilines is 1. The van der Waals surface area contributed by atoms with Crippen molar-refractivity contribution in [2.75, 3.05) is 104 Å². The van der Waals surface area contributed by atoms with Gasteiger partial charge in [-0.25, -0.2) is 4.98 Å². The molecule has 2 aliphatic rings. The predicted octanol–water partition coefficient (Wildman–Crippen LogP) is 6.61. The molecule has 2 fully saturated rings. The average Bonchev–Trinajstić information content (AvgIpc) is 1.70. The van der Waals surface area contributed by atoms with Crippen molar-refractivity contribution in [2.24, 2.45) is 5.41 Å². The highest BCUT2D eigenvalue weighted by atomic mass is 32.1. The Morgan fingerprint density at radius 1 is 0.798 bits per heavy atom. The van der Waals surface area contributed by atoms with Crippen molar-refractivity contribution in [2.45, 2.75) is 112 Å². The number of rotatable bonds is 31. The van der Waals surface area contributed by atoms with Crippen molar-refractivity contribution in [3.05, 3.63) is 122 Å². The maximum absolute atomic E-state index is 14.0. The summed E-state index contributed by atoms with van der Waals surface area (Å²) in [5, 5.41) is 19.3. The van der Waals surface area contributed by atoms with Crippen LogP contribution in [-0.2, 0) is 55.9 Å². The van der Waals surface area contributed by atoms with Crippen LogP contribution < -0.4 is 31.1 Å². The van der Waals surface area contributed by atoms with Gasteiger partial charge in [0.15, 0.2) is 0 Å². The fourth-order valence-corrected chi connectivity index (χ4v) is 11.2. The molecule has 20 nitrogen and oxygen atoms in total. The van der Waals surface area contributed by atoms with Gasteiger partial charge in [-0.1, -0.05) is 57.2 Å². The van der Waals surface area contributed by atoms with Crippen LogP contribution in [0.25, 0.3) is 21.6 Å². The molecule has 5 aromatic rings. The number of benzene rings is 3. The van der Waals surface area contributed by atoms with Gasteiger partial charge in [0.25, 0.3) is 11.5 Å². The maximum Gasteiger partial charge on any atom is 0.253 e. The Balaban J connectivity index is 0.736. The first-order valence-corrected chi connectivity index (χ1v) is 29.9. The number of nitrogens with one attached hydrogen (secondary N) is 4. The minimum Gasteiger partial charge on any atom is -0.491 e. The molecule has 3 aromatic carbocycles. The van der Waals surface area contributed by atoms with E-state index in [1.165, 1.54) is 4.90 Å². The second kappa shape index (κ2) is 32.1. The lowest BCUT2D eigenvalue weighted by Gasteiger charge is -2.37. The number of carbonyl (C=O) groups is 4. The first kappa shape index (κ1) is 65.0. The van der Waals surface area contributed by atoms with E-state index in [4.69, 9.17) is 33.2 Å². The molecule has 5 N–H and O–H groups in total. The number of hydrogen-bond acceptors (Lipinski definition) is 16. The Morgan fingerprint density at radius 3 is 2.01 bits per heavy atom. The summed E-state index contributed by atoms with van der Waals surface area (Å²) >= 11 is 1.57. The fraction of sp³-hybridized carbons (Fsp3) is 0.524. The number of pyridine rings is 1. The summed E-state index contributed by atoms with van der Waals surface area (Å²) in [6.07, 6.45) is 1.02. The number of β-amino-alcohol motifs (C(OH)–C–C–N with tert-alkyl or cyclic N) is 1. The van der Waals surface area contributed by atoms with Gasteiger partial charge in [-0.3, -0.25) is 24.0 Å².